The summed E-state index contributed by atoms with van der Waals surface area (Å²) in [4.78, 5) is 16.7. The van der Waals surface area contributed by atoms with Gasteiger partial charge in [-0.2, -0.15) is 11.3 Å². The number of aromatic nitrogens is 2. The van der Waals surface area contributed by atoms with Crippen LogP contribution in [0.3, 0.4) is 0 Å². The van der Waals surface area contributed by atoms with Gasteiger partial charge < -0.3 is 14.6 Å². The average molecular weight is 317 g/mol. The number of rotatable bonds is 4. The number of carbonyl (C=O) groups is 1. The van der Waals surface area contributed by atoms with Crippen molar-refractivity contribution < 1.29 is 9.53 Å². The normalized spacial score (nSPS) is 23.6. The number of ether oxygens (including phenoxy) is 1. The van der Waals surface area contributed by atoms with Crippen LogP contribution in [0.4, 0.5) is 0 Å². The van der Waals surface area contributed by atoms with E-state index >= 15 is 0 Å². The lowest BCUT2D eigenvalue weighted by Gasteiger charge is -2.18. The van der Waals surface area contributed by atoms with Crippen LogP contribution in [0.25, 0.3) is 11.3 Å². The van der Waals surface area contributed by atoms with Gasteiger partial charge in [0.05, 0.1) is 30.5 Å². The van der Waals surface area contributed by atoms with E-state index in [1.807, 2.05) is 6.20 Å². The lowest BCUT2D eigenvalue weighted by Crippen LogP contribution is -2.34. The summed E-state index contributed by atoms with van der Waals surface area (Å²) in [6.45, 7) is 1.94. The third-order valence-corrected chi connectivity index (χ3v) is 5.25. The molecule has 2 aliphatic heterocycles. The van der Waals surface area contributed by atoms with Crippen LogP contribution >= 0.6 is 11.3 Å². The Labute approximate surface area is 133 Å². The highest BCUT2D eigenvalue weighted by atomic mass is 32.1. The van der Waals surface area contributed by atoms with E-state index in [4.69, 9.17) is 4.74 Å². The Morgan fingerprint density at radius 3 is 3.23 bits per heavy atom. The fourth-order valence-corrected chi connectivity index (χ4v) is 3.99. The molecule has 5 nitrogen and oxygen atoms in total. The minimum absolute atomic E-state index is 0.0278. The van der Waals surface area contributed by atoms with Crippen molar-refractivity contribution in [3.63, 3.8) is 0 Å². The molecule has 0 unspecified atom stereocenters. The van der Waals surface area contributed by atoms with Crippen LogP contribution in [0.1, 0.15) is 24.7 Å². The predicted octanol–water partition coefficient (Wildman–Crippen LogP) is 2.25. The minimum Gasteiger partial charge on any atom is -0.381 e. The molecule has 4 rings (SSSR count). The van der Waals surface area contributed by atoms with Crippen LogP contribution in [0.15, 0.2) is 23.0 Å². The molecule has 0 aliphatic carbocycles. The van der Waals surface area contributed by atoms with E-state index in [-0.39, 0.29) is 11.8 Å². The molecule has 2 aromatic rings. The quantitative estimate of drug-likeness (QED) is 0.941. The number of nitrogens with zero attached hydrogens (tertiary/aromatic N) is 2. The van der Waals surface area contributed by atoms with Gasteiger partial charge in [-0.1, -0.05) is 0 Å². The molecule has 0 radical (unpaired) electrons. The Hall–Kier alpha value is -1.66. The average Bonchev–Trinajstić information content (AvgIpc) is 3.28. The van der Waals surface area contributed by atoms with Gasteiger partial charge in [-0.3, -0.25) is 4.79 Å². The monoisotopic (exact) mass is 317 g/mol. The molecule has 0 bridgehead atoms. The summed E-state index contributed by atoms with van der Waals surface area (Å²) in [5.41, 5.74) is 2.38. The molecule has 2 atom stereocenters. The summed E-state index contributed by atoms with van der Waals surface area (Å²) < 4.78 is 7.59. The molecule has 4 heterocycles. The minimum atomic E-state index is 0.0278. The summed E-state index contributed by atoms with van der Waals surface area (Å²) in [7, 11) is 0. The van der Waals surface area contributed by atoms with Crippen molar-refractivity contribution in [3.05, 3.63) is 28.8 Å². The molecule has 2 aromatic heterocycles. The summed E-state index contributed by atoms with van der Waals surface area (Å²) >= 11 is 1.69. The number of carbonyl (C=O) groups excluding carboxylic acids is 1. The summed E-state index contributed by atoms with van der Waals surface area (Å²) in [5, 5.41) is 7.34. The number of aryl methyl sites for hydroxylation is 1. The van der Waals surface area contributed by atoms with Crippen LogP contribution in [0.2, 0.25) is 0 Å². The van der Waals surface area contributed by atoms with Crippen molar-refractivity contribution in [1.82, 2.24) is 14.9 Å². The third kappa shape index (κ3) is 2.46. The molecule has 22 heavy (non-hydrogen) atoms. The summed E-state index contributed by atoms with van der Waals surface area (Å²) in [6, 6.07) is 2.43. The molecule has 1 amide bonds. The number of imidazole rings is 1. The topological polar surface area (TPSA) is 56.2 Å². The first-order valence-electron chi connectivity index (χ1n) is 7.77. The fourth-order valence-electron chi connectivity index (χ4n) is 3.34. The second kappa shape index (κ2) is 5.85. The lowest BCUT2D eigenvalue weighted by molar-refractivity contribution is -0.125. The number of hydrogen-bond acceptors (Lipinski definition) is 4. The van der Waals surface area contributed by atoms with Crippen LogP contribution in [-0.2, 0) is 16.0 Å². The van der Waals surface area contributed by atoms with E-state index in [0.717, 1.165) is 30.8 Å². The lowest BCUT2D eigenvalue weighted by atomic mass is 10.1. The molecule has 2 aliphatic rings. The number of fused-ring (bicyclic) bond motifs is 1. The molecular formula is C16H19N3O2S. The first kappa shape index (κ1) is 14.0. The predicted molar refractivity (Wildman–Crippen MR) is 84.8 cm³/mol. The van der Waals surface area contributed by atoms with E-state index in [9.17, 15) is 4.79 Å². The molecule has 116 valence electrons. The molecular weight excluding hydrogens is 298 g/mol. The van der Waals surface area contributed by atoms with Gasteiger partial charge >= 0.3 is 0 Å². The van der Waals surface area contributed by atoms with E-state index < -0.39 is 0 Å². The second-order valence-corrected chi connectivity index (χ2v) is 6.72. The van der Waals surface area contributed by atoms with Gasteiger partial charge in [-0.25, -0.2) is 4.98 Å². The molecule has 0 aromatic carbocycles. The maximum Gasteiger partial charge on any atom is 0.225 e. The smallest absolute Gasteiger partial charge is 0.225 e. The van der Waals surface area contributed by atoms with Crippen molar-refractivity contribution in [2.24, 2.45) is 5.92 Å². The maximum atomic E-state index is 12.2. The highest BCUT2D eigenvalue weighted by molar-refractivity contribution is 7.08. The maximum absolute atomic E-state index is 12.2. The molecule has 1 N–H and O–H groups in total. The standard InChI is InChI=1S/C16H19N3O2S/c20-16(11-3-5-21-9-11)18-7-13-1-2-15-17-8-14(19(13)15)12-4-6-22-10-12/h4,6,8,10-11,13H,1-3,5,7,9H2,(H,18,20)/t11-,13+/m0/s1. The third-order valence-electron chi connectivity index (χ3n) is 4.57. The van der Waals surface area contributed by atoms with Gasteiger partial charge in [0.25, 0.3) is 0 Å². The Kier molecular flexibility index (Phi) is 3.72. The van der Waals surface area contributed by atoms with Crippen molar-refractivity contribution >= 4 is 17.2 Å². The van der Waals surface area contributed by atoms with Crippen molar-refractivity contribution in [1.29, 1.82) is 0 Å². The van der Waals surface area contributed by atoms with Crippen LogP contribution in [0.5, 0.6) is 0 Å². The largest absolute Gasteiger partial charge is 0.381 e. The number of amides is 1. The molecule has 1 saturated heterocycles. The molecule has 0 spiro atoms. The van der Waals surface area contributed by atoms with Crippen molar-refractivity contribution in [3.8, 4) is 11.3 Å². The summed E-state index contributed by atoms with van der Waals surface area (Å²) in [6.07, 6.45) is 4.82. The van der Waals surface area contributed by atoms with Crippen LogP contribution < -0.4 is 5.32 Å². The SMILES string of the molecule is O=C(NC[C@H]1CCc2ncc(-c3ccsc3)n21)[C@H]1CCOC1. The first-order chi connectivity index (χ1) is 10.8. The molecule has 1 fully saturated rings. The second-order valence-electron chi connectivity index (χ2n) is 5.94. The number of nitrogens with one attached hydrogen (secondary N) is 1. The van der Waals surface area contributed by atoms with Gasteiger partial charge in [0.1, 0.15) is 5.82 Å². The first-order valence-corrected chi connectivity index (χ1v) is 8.71. The van der Waals surface area contributed by atoms with E-state index in [0.29, 0.717) is 25.8 Å². The van der Waals surface area contributed by atoms with Crippen LogP contribution in [0, 0.1) is 5.92 Å². The Balaban J connectivity index is 1.47. The molecule has 6 heteroatoms. The van der Waals surface area contributed by atoms with Crippen molar-refractivity contribution in [2.75, 3.05) is 19.8 Å². The zero-order valence-electron chi connectivity index (χ0n) is 12.3. The van der Waals surface area contributed by atoms with E-state index in [1.54, 1.807) is 11.3 Å². The Bertz CT molecular complexity index is 659. The number of hydrogen-bond donors (Lipinski definition) is 1. The summed E-state index contributed by atoms with van der Waals surface area (Å²) in [5.74, 6) is 1.29. The highest BCUT2D eigenvalue weighted by Gasteiger charge is 2.28. The van der Waals surface area contributed by atoms with Crippen molar-refractivity contribution in [2.45, 2.75) is 25.3 Å². The van der Waals surface area contributed by atoms with Gasteiger partial charge in [-0.15, -0.1) is 0 Å². The fraction of sp³-hybridized carbons (Fsp3) is 0.500. The highest BCUT2D eigenvalue weighted by Crippen LogP contribution is 2.33. The van der Waals surface area contributed by atoms with Gasteiger partial charge in [-0.05, 0) is 24.3 Å². The molecule has 0 saturated carbocycles. The number of thiophene rings is 1. The van der Waals surface area contributed by atoms with Gasteiger partial charge in [0.2, 0.25) is 5.91 Å². The van der Waals surface area contributed by atoms with E-state index in [1.165, 1.54) is 5.56 Å². The Morgan fingerprint density at radius 2 is 2.45 bits per heavy atom. The van der Waals surface area contributed by atoms with Gasteiger partial charge in [0.15, 0.2) is 0 Å². The zero-order chi connectivity index (χ0) is 14.9. The zero-order valence-corrected chi connectivity index (χ0v) is 13.1. The van der Waals surface area contributed by atoms with Crippen LogP contribution in [-0.4, -0.2) is 35.2 Å². The van der Waals surface area contributed by atoms with E-state index in [2.05, 4.69) is 31.7 Å². The van der Waals surface area contributed by atoms with Gasteiger partial charge in [0, 0.05) is 30.5 Å². The Morgan fingerprint density at radius 1 is 1.50 bits per heavy atom.